The van der Waals surface area contributed by atoms with Crippen molar-refractivity contribution in [1.29, 1.82) is 0 Å². The third-order valence-corrected chi connectivity index (χ3v) is 2.27. The summed E-state index contributed by atoms with van der Waals surface area (Å²) in [5, 5.41) is 0. The van der Waals surface area contributed by atoms with Crippen LogP contribution in [0.4, 0.5) is 13.2 Å². The summed E-state index contributed by atoms with van der Waals surface area (Å²) in [4.78, 5) is 15.1. The fourth-order valence-electron chi connectivity index (χ4n) is 1.61. The Labute approximate surface area is 100 Å². The van der Waals surface area contributed by atoms with Gasteiger partial charge in [-0.25, -0.2) is 9.78 Å². The fourth-order valence-corrected chi connectivity index (χ4v) is 1.61. The molecule has 0 unspecified atom stereocenters. The highest BCUT2D eigenvalue weighted by Gasteiger charge is 2.40. The van der Waals surface area contributed by atoms with Gasteiger partial charge in [0, 0.05) is 6.20 Å². The van der Waals surface area contributed by atoms with E-state index < -0.39 is 23.5 Å². The minimum Gasteiger partial charge on any atom is -0.461 e. The van der Waals surface area contributed by atoms with Crippen LogP contribution in [0.1, 0.15) is 23.1 Å². The number of hydrogen-bond acceptors (Lipinski definition) is 3. The molecule has 0 spiro atoms. The fraction of sp³-hybridized carbons (Fsp3) is 0.273. The van der Waals surface area contributed by atoms with Gasteiger partial charge in [0.25, 0.3) is 0 Å². The number of carbonyl (C=O) groups excluding carboxylic acids is 1. The van der Waals surface area contributed by atoms with Crippen LogP contribution in [-0.4, -0.2) is 22.0 Å². The number of nitrogens with zero attached hydrogens (tertiary/aromatic N) is 2. The molecule has 0 amide bonds. The zero-order valence-electron chi connectivity index (χ0n) is 9.36. The highest BCUT2D eigenvalue weighted by Crippen LogP contribution is 2.32. The van der Waals surface area contributed by atoms with Crippen LogP contribution in [0.5, 0.6) is 0 Å². The van der Waals surface area contributed by atoms with E-state index in [-0.39, 0.29) is 12.3 Å². The van der Waals surface area contributed by atoms with E-state index in [4.69, 9.17) is 0 Å². The predicted octanol–water partition coefficient (Wildman–Crippen LogP) is 2.53. The molecule has 2 aromatic heterocycles. The third kappa shape index (κ3) is 2.03. The van der Waals surface area contributed by atoms with Crippen molar-refractivity contribution in [1.82, 2.24) is 9.38 Å². The summed E-state index contributed by atoms with van der Waals surface area (Å²) in [6.07, 6.45) is -3.48. The molecule has 0 fully saturated rings. The number of halogens is 3. The lowest BCUT2D eigenvalue weighted by Crippen LogP contribution is -2.16. The van der Waals surface area contributed by atoms with Gasteiger partial charge < -0.3 is 4.74 Å². The normalized spacial score (nSPS) is 11.8. The highest BCUT2D eigenvalue weighted by atomic mass is 19.4. The molecule has 4 nitrogen and oxygen atoms in total. The minimum atomic E-state index is -4.68. The van der Waals surface area contributed by atoms with Crippen molar-refractivity contribution < 1.29 is 22.7 Å². The summed E-state index contributed by atoms with van der Waals surface area (Å²) in [5.74, 6) is -1.08. The van der Waals surface area contributed by atoms with Crippen LogP contribution in [-0.2, 0) is 10.9 Å². The van der Waals surface area contributed by atoms with Gasteiger partial charge in [-0.3, -0.25) is 4.40 Å². The summed E-state index contributed by atoms with van der Waals surface area (Å²) in [5.41, 5.74) is -1.78. The van der Waals surface area contributed by atoms with Gasteiger partial charge in [-0.2, -0.15) is 13.2 Å². The van der Waals surface area contributed by atoms with E-state index in [1.165, 1.54) is 31.3 Å². The number of hydrogen-bond donors (Lipinski definition) is 0. The molecule has 0 N–H and O–H groups in total. The zero-order valence-corrected chi connectivity index (χ0v) is 9.36. The molecule has 2 aromatic rings. The van der Waals surface area contributed by atoms with Crippen LogP contribution in [0.2, 0.25) is 0 Å². The molecule has 0 saturated carbocycles. The topological polar surface area (TPSA) is 43.6 Å². The van der Waals surface area contributed by atoms with Crippen molar-refractivity contribution in [2.75, 3.05) is 6.61 Å². The summed E-state index contributed by atoms with van der Waals surface area (Å²) < 4.78 is 44.2. The van der Waals surface area contributed by atoms with Gasteiger partial charge in [-0.05, 0) is 19.1 Å². The first-order chi connectivity index (χ1) is 8.45. The monoisotopic (exact) mass is 258 g/mol. The lowest BCUT2D eigenvalue weighted by Gasteiger charge is -2.08. The molecule has 0 aliphatic carbocycles. The van der Waals surface area contributed by atoms with E-state index in [2.05, 4.69) is 9.72 Å². The van der Waals surface area contributed by atoms with Gasteiger partial charge in [0.2, 0.25) is 0 Å². The maximum Gasteiger partial charge on any atom is 0.434 e. The number of aromatic nitrogens is 2. The van der Waals surface area contributed by atoms with Crippen molar-refractivity contribution >= 4 is 11.6 Å². The molecule has 0 aromatic carbocycles. The number of rotatable bonds is 2. The number of carbonyl (C=O) groups is 1. The van der Waals surface area contributed by atoms with Crippen LogP contribution in [0.3, 0.4) is 0 Å². The summed E-state index contributed by atoms with van der Waals surface area (Å²) in [6.45, 7) is 1.50. The Morgan fingerprint density at radius 2 is 2.17 bits per heavy atom. The number of esters is 1. The average molecular weight is 258 g/mol. The van der Waals surface area contributed by atoms with Gasteiger partial charge in [0.05, 0.1) is 6.61 Å². The first-order valence-corrected chi connectivity index (χ1v) is 5.16. The van der Waals surface area contributed by atoms with E-state index in [1.807, 2.05) is 0 Å². The second kappa shape index (κ2) is 4.32. The first-order valence-electron chi connectivity index (χ1n) is 5.16. The lowest BCUT2D eigenvalue weighted by molar-refractivity contribution is -0.142. The number of fused-ring (bicyclic) bond motifs is 1. The number of pyridine rings is 1. The second-order valence-electron chi connectivity index (χ2n) is 3.46. The molecule has 0 aliphatic rings. The van der Waals surface area contributed by atoms with Crippen molar-refractivity contribution in [3.05, 3.63) is 35.8 Å². The summed E-state index contributed by atoms with van der Waals surface area (Å²) >= 11 is 0. The molecule has 96 valence electrons. The van der Waals surface area contributed by atoms with Gasteiger partial charge in [-0.15, -0.1) is 0 Å². The van der Waals surface area contributed by atoms with E-state index in [9.17, 15) is 18.0 Å². The molecular formula is C11H9F3N2O2. The van der Waals surface area contributed by atoms with E-state index in [0.29, 0.717) is 0 Å². The summed E-state index contributed by atoms with van der Waals surface area (Å²) in [6, 6.07) is 4.36. The number of ether oxygens (including phenoxy) is 1. The zero-order chi connectivity index (χ0) is 13.3. The maximum atomic E-state index is 12.9. The molecule has 0 bridgehead atoms. The Bertz CT molecular complexity index is 589. The minimum absolute atomic E-state index is 0.00992. The van der Waals surface area contributed by atoms with Crippen molar-refractivity contribution in [2.45, 2.75) is 13.1 Å². The Morgan fingerprint density at radius 1 is 1.44 bits per heavy atom. The van der Waals surface area contributed by atoms with E-state index >= 15 is 0 Å². The molecule has 0 saturated heterocycles. The molecule has 0 aliphatic heterocycles. The molecule has 18 heavy (non-hydrogen) atoms. The quantitative estimate of drug-likeness (QED) is 0.777. The Kier molecular flexibility index (Phi) is 2.98. The Morgan fingerprint density at radius 3 is 2.78 bits per heavy atom. The molecule has 0 atom stereocenters. The second-order valence-corrected chi connectivity index (χ2v) is 3.46. The Hall–Kier alpha value is -2.05. The van der Waals surface area contributed by atoms with Crippen LogP contribution in [0.15, 0.2) is 24.4 Å². The largest absolute Gasteiger partial charge is 0.461 e. The van der Waals surface area contributed by atoms with Gasteiger partial charge in [0.1, 0.15) is 5.65 Å². The Balaban J connectivity index is 2.68. The van der Waals surface area contributed by atoms with Crippen LogP contribution in [0, 0.1) is 0 Å². The molecule has 0 radical (unpaired) electrons. The smallest absolute Gasteiger partial charge is 0.434 e. The van der Waals surface area contributed by atoms with Crippen LogP contribution >= 0.6 is 0 Å². The average Bonchev–Trinajstić information content (AvgIpc) is 2.68. The third-order valence-electron chi connectivity index (χ3n) is 2.27. The van der Waals surface area contributed by atoms with Gasteiger partial charge >= 0.3 is 12.1 Å². The first kappa shape index (κ1) is 12.4. The van der Waals surface area contributed by atoms with Crippen molar-refractivity contribution in [3.8, 4) is 0 Å². The molecule has 7 heteroatoms. The van der Waals surface area contributed by atoms with E-state index in [1.54, 1.807) is 0 Å². The standard InChI is InChI=1S/C11H9F3N2O2/c1-2-18-10(17)8-9(11(12,13)14)16-6-4-3-5-7(16)15-8/h3-6H,2H2,1H3. The molecular weight excluding hydrogens is 249 g/mol. The SMILES string of the molecule is CCOC(=O)c1nc2ccccn2c1C(F)(F)F. The number of imidazole rings is 1. The number of alkyl halides is 3. The van der Waals surface area contributed by atoms with Gasteiger partial charge in [-0.1, -0.05) is 6.07 Å². The molecule has 2 rings (SSSR count). The summed E-state index contributed by atoms with van der Waals surface area (Å²) in [7, 11) is 0. The highest BCUT2D eigenvalue weighted by molar-refractivity contribution is 5.90. The van der Waals surface area contributed by atoms with Crippen molar-refractivity contribution in [2.24, 2.45) is 0 Å². The van der Waals surface area contributed by atoms with E-state index in [0.717, 1.165) is 4.40 Å². The maximum absolute atomic E-state index is 12.9. The molecule has 2 heterocycles. The lowest BCUT2D eigenvalue weighted by atomic mass is 10.3. The van der Waals surface area contributed by atoms with Crippen LogP contribution < -0.4 is 0 Å². The van der Waals surface area contributed by atoms with Crippen LogP contribution in [0.25, 0.3) is 5.65 Å². The van der Waals surface area contributed by atoms with Gasteiger partial charge in [0.15, 0.2) is 11.4 Å². The van der Waals surface area contributed by atoms with Crippen molar-refractivity contribution in [3.63, 3.8) is 0 Å². The predicted molar refractivity (Wildman–Crippen MR) is 56.2 cm³/mol.